The summed E-state index contributed by atoms with van der Waals surface area (Å²) >= 11 is 1.56. The number of thioether (sulfide) groups is 1. The highest BCUT2D eigenvalue weighted by atomic mass is 32.2. The second-order valence-electron chi connectivity index (χ2n) is 4.36. The summed E-state index contributed by atoms with van der Waals surface area (Å²) in [6, 6.07) is 0. The van der Waals surface area contributed by atoms with Gasteiger partial charge in [-0.2, -0.15) is 0 Å². The predicted octanol–water partition coefficient (Wildman–Crippen LogP) is 1.83. The maximum Gasteiger partial charge on any atom is 0.312 e. The van der Waals surface area contributed by atoms with Gasteiger partial charge in [0.1, 0.15) is 0 Å². The fraction of sp³-hybridized carbons (Fsp3) is 0.538. The highest BCUT2D eigenvalue weighted by molar-refractivity contribution is 8.04. The SMILES string of the molecule is CCOC(=O)C1C(NC(C)=O)SC2=CC=CCC21. The molecule has 1 fully saturated rings. The molecule has 0 radical (unpaired) electrons. The van der Waals surface area contributed by atoms with Crippen LogP contribution < -0.4 is 5.32 Å². The fourth-order valence-corrected chi connectivity index (χ4v) is 3.90. The van der Waals surface area contributed by atoms with Gasteiger partial charge in [0, 0.05) is 12.8 Å². The van der Waals surface area contributed by atoms with Gasteiger partial charge in [-0.1, -0.05) is 18.2 Å². The van der Waals surface area contributed by atoms with Crippen molar-refractivity contribution in [1.29, 1.82) is 0 Å². The molecule has 1 heterocycles. The van der Waals surface area contributed by atoms with Crippen molar-refractivity contribution >= 4 is 23.6 Å². The summed E-state index contributed by atoms with van der Waals surface area (Å²) in [6.45, 7) is 3.64. The zero-order valence-electron chi connectivity index (χ0n) is 10.5. The monoisotopic (exact) mass is 267 g/mol. The minimum Gasteiger partial charge on any atom is -0.466 e. The number of fused-ring (bicyclic) bond motifs is 1. The van der Waals surface area contributed by atoms with E-state index in [0.29, 0.717) is 6.61 Å². The van der Waals surface area contributed by atoms with E-state index in [4.69, 9.17) is 4.74 Å². The molecule has 98 valence electrons. The molecular weight excluding hydrogens is 250 g/mol. The van der Waals surface area contributed by atoms with Crippen molar-refractivity contribution in [3.05, 3.63) is 23.1 Å². The quantitative estimate of drug-likeness (QED) is 0.793. The Balaban J connectivity index is 2.19. The van der Waals surface area contributed by atoms with Crippen molar-refractivity contribution in [2.45, 2.75) is 25.6 Å². The molecule has 0 saturated carbocycles. The van der Waals surface area contributed by atoms with Gasteiger partial charge in [-0.25, -0.2) is 0 Å². The van der Waals surface area contributed by atoms with Gasteiger partial charge in [-0.05, 0) is 18.2 Å². The molecule has 1 amide bonds. The predicted molar refractivity (Wildman–Crippen MR) is 70.6 cm³/mol. The minimum absolute atomic E-state index is 0.117. The molecule has 0 aromatic rings. The van der Waals surface area contributed by atoms with Crippen LogP contribution in [0.25, 0.3) is 0 Å². The first-order chi connectivity index (χ1) is 8.63. The maximum atomic E-state index is 12.1. The molecule has 4 nitrogen and oxygen atoms in total. The second-order valence-corrected chi connectivity index (χ2v) is 5.57. The molecule has 5 heteroatoms. The van der Waals surface area contributed by atoms with Gasteiger partial charge < -0.3 is 10.1 Å². The summed E-state index contributed by atoms with van der Waals surface area (Å²) in [6.07, 6.45) is 6.90. The number of nitrogens with one attached hydrogen (secondary N) is 1. The fourth-order valence-electron chi connectivity index (χ4n) is 2.35. The summed E-state index contributed by atoms with van der Waals surface area (Å²) in [5.41, 5.74) is 0. The van der Waals surface area contributed by atoms with E-state index < -0.39 is 0 Å². The van der Waals surface area contributed by atoms with E-state index in [2.05, 4.69) is 11.4 Å². The number of rotatable bonds is 3. The first-order valence-corrected chi connectivity index (χ1v) is 6.98. The summed E-state index contributed by atoms with van der Waals surface area (Å²) < 4.78 is 5.13. The molecule has 2 aliphatic rings. The first-order valence-electron chi connectivity index (χ1n) is 6.10. The van der Waals surface area contributed by atoms with E-state index in [1.807, 2.05) is 12.2 Å². The van der Waals surface area contributed by atoms with Gasteiger partial charge in [0.2, 0.25) is 5.91 Å². The average Bonchev–Trinajstić information content (AvgIpc) is 2.66. The number of hydrogen-bond acceptors (Lipinski definition) is 4. The van der Waals surface area contributed by atoms with Crippen LogP contribution in [0.3, 0.4) is 0 Å². The Morgan fingerprint density at radius 3 is 3.00 bits per heavy atom. The van der Waals surface area contributed by atoms with Crippen molar-refractivity contribution in [3.8, 4) is 0 Å². The highest BCUT2D eigenvalue weighted by Gasteiger charge is 2.45. The van der Waals surface area contributed by atoms with Gasteiger partial charge in [0.15, 0.2) is 0 Å². The smallest absolute Gasteiger partial charge is 0.312 e. The van der Waals surface area contributed by atoms with Crippen LogP contribution in [-0.4, -0.2) is 23.9 Å². The Labute approximate surface area is 111 Å². The molecule has 1 N–H and O–H groups in total. The van der Waals surface area contributed by atoms with Gasteiger partial charge in [0.25, 0.3) is 0 Å². The Morgan fingerprint density at radius 2 is 2.33 bits per heavy atom. The van der Waals surface area contributed by atoms with Gasteiger partial charge >= 0.3 is 5.97 Å². The number of allylic oxidation sites excluding steroid dienone is 4. The first kappa shape index (κ1) is 13.2. The van der Waals surface area contributed by atoms with E-state index in [1.165, 1.54) is 6.92 Å². The lowest BCUT2D eigenvalue weighted by molar-refractivity contribution is -0.149. The average molecular weight is 267 g/mol. The van der Waals surface area contributed by atoms with E-state index in [0.717, 1.165) is 11.3 Å². The molecule has 1 saturated heterocycles. The highest BCUT2D eigenvalue weighted by Crippen LogP contribution is 2.48. The van der Waals surface area contributed by atoms with E-state index in [1.54, 1.807) is 18.7 Å². The molecule has 1 aliphatic carbocycles. The number of carbonyl (C=O) groups is 2. The van der Waals surface area contributed by atoms with Crippen LogP contribution in [0.5, 0.6) is 0 Å². The summed E-state index contributed by atoms with van der Waals surface area (Å²) in [4.78, 5) is 24.4. The minimum atomic E-state index is -0.282. The molecule has 0 spiro atoms. The van der Waals surface area contributed by atoms with Crippen LogP contribution in [0, 0.1) is 11.8 Å². The van der Waals surface area contributed by atoms with Crippen molar-refractivity contribution in [1.82, 2.24) is 5.32 Å². The Kier molecular flexibility index (Phi) is 4.11. The van der Waals surface area contributed by atoms with E-state index >= 15 is 0 Å². The van der Waals surface area contributed by atoms with Crippen LogP contribution in [0.15, 0.2) is 23.1 Å². The molecule has 18 heavy (non-hydrogen) atoms. The van der Waals surface area contributed by atoms with Gasteiger partial charge in [0.05, 0.1) is 17.9 Å². The van der Waals surface area contributed by atoms with E-state index in [-0.39, 0.29) is 29.1 Å². The lowest BCUT2D eigenvalue weighted by Crippen LogP contribution is -2.40. The zero-order chi connectivity index (χ0) is 13.1. The Hall–Kier alpha value is -1.23. The normalized spacial score (nSPS) is 29.4. The van der Waals surface area contributed by atoms with E-state index in [9.17, 15) is 9.59 Å². The lowest BCUT2D eigenvalue weighted by atomic mass is 9.87. The number of amides is 1. The van der Waals surface area contributed by atoms with Gasteiger partial charge in [-0.15, -0.1) is 11.8 Å². The molecule has 3 atom stereocenters. The molecule has 0 aromatic heterocycles. The number of ether oxygens (including phenoxy) is 1. The summed E-state index contributed by atoms with van der Waals surface area (Å²) in [5.74, 6) is -0.465. The summed E-state index contributed by atoms with van der Waals surface area (Å²) in [5, 5.41) is 2.63. The molecule has 3 unspecified atom stereocenters. The third-order valence-corrected chi connectivity index (χ3v) is 4.46. The Bertz CT molecular complexity index is 416. The molecule has 0 aromatic carbocycles. The number of esters is 1. The third kappa shape index (κ3) is 2.61. The number of carbonyl (C=O) groups excluding carboxylic acids is 2. The van der Waals surface area contributed by atoms with Crippen molar-refractivity contribution in [3.63, 3.8) is 0 Å². The standard InChI is InChI=1S/C13H17NO3S/c1-3-17-13(16)11-9-6-4-5-7-10(9)18-12(11)14-8(2)15/h4-5,7,9,11-12H,3,6H2,1-2H3,(H,14,15). The summed E-state index contributed by atoms with van der Waals surface area (Å²) in [7, 11) is 0. The zero-order valence-corrected chi connectivity index (χ0v) is 11.3. The van der Waals surface area contributed by atoms with Crippen molar-refractivity contribution < 1.29 is 14.3 Å². The van der Waals surface area contributed by atoms with Crippen LogP contribution in [0.1, 0.15) is 20.3 Å². The topological polar surface area (TPSA) is 55.4 Å². The van der Waals surface area contributed by atoms with Crippen LogP contribution in [0.4, 0.5) is 0 Å². The molecule has 2 rings (SSSR count). The van der Waals surface area contributed by atoms with Gasteiger partial charge in [-0.3, -0.25) is 9.59 Å². The lowest BCUT2D eigenvalue weighted by Gasteiger charge is -2.22. The van der Waals surface area contributed by atoms with Crippen molar-refractivity contribution in [2.75, 3.05) is 6.61 Å². The van der Waals surface area contributed by atoms with Crippen molar-refractivity contribution in [2.24, 2.45) is 11.8 Å². The molecule has 0 bridgehead atoms. The largest absolute Gasteiger partial charge is 0.466 e. The van der Waals surface area contributed by atoms with Crippen LogP contribution in [-0.2, 0) is 14.3 Å². The Morgan fingerprint density at radius 1 is 1.56 bits per heavy atom. The van der Waals surface area contributed by atoms with Crippen LogP contribution >= 0.6 is 11.8 Å². The second kappa shape index (κ2) is 5.61. The molecule has 1 aliphatic heterocycles. The number of hydrogen-bond donors (Lipinski definition) is 1. The van der Waals surface area contributed by atoms with Crippen LogP contribution in [0.2, 0.25) is 0 Å². The maximum absolute atomic E-state index is 12.1. The molecular formula is C13H17NO3S. The third-order valence-electron chi connectivity index (χ3n) is 3.08.